The molecule has 7 heteroatoms. The van der Waals surface area contributed by atoms with E-state index in [1.54, 1.807) is 4.57 Å². The largest absolute Gasteiger partial charge is 0.463 e. The Bertz CT molecular complexity index is 803. The highest BCUT2D eigenvalue weighted by atomic mass is 19.1. The van der Waals surface area contributed by atoms with Crippen LogP contribution >= 0.6 is 0 Å². The summed E-state index contributed by atoms with van der Waals surface area (Å²) in [6.07, 6.45) is 2.27. The quantitative estimate of drug-likeness (QED) is 0.674. The normalized spacial score (nSPS) is 12.4. The molecule has 0 radical (unpaired) electrons. The number of fused-ring (bicyclic) bond motifs is 1. The number of alkyl halides is 1. The number of halogens is 1. The van der Waals surface area contributed by atoms with Crippen LogP contribution in [0.4, 0.5) is 10.2 Å². The topological polar surface area (TPSA) is 78.9 Å². The second kappa shape index (κ2) is 7.25. The lowest BCUT2D eigenvalue weighted by molar-refractivity contribution is 0.287. The van der Waals surface area contributed by atoms with E-state index in [-0.39, 0.29) is 18.4 Å². The van der Waals surface area contributed by atoms with Crippen LogP contribution in [0.5, 0.6) is 6.01 Å². The minimum atomic E-state index is -1.01. The van der Waals surface area contributed by atoms with Crippen molar-refractivity contribution in [1.29, 1.82) is 0 Å². The molecule has 1 unspecified atom stereocenters. The lowest BCUT2D eigenvalue weighted by atomic mass is 10.1. The van der Waals surface area contributed by atoms with Gasteiger partial charge in [-0.3, -0.25) is 0 Å². The second-order valence-electron chi connectivity index (χ2n) is 5.68. The summed E-state index contributed by atoms with van der Waals surface area (Å²) in [5, 5.41) is 0. The van der Waals surface area contributed by atoms with Gasteiger partial charge in [-0.2, -0.15) is 9.97 Å². The van der Waals surface area contributed by atoms with E-state index < -0.39 is 6.17 Å². The first-order valence-electron chi connectivity index (χ1n) is 7.92. The van der Waals surface area contributed by atoms with Crippen molar-refractivity contribution in [3.05, 3.63) is 42.2 Å². The van der Waals surface area contributed by atoms with E-state index in [4.69, 9.17) is 10.5 Å². The van der Waals surface area contributed by atoms with Gasteiger partial charge in [0.2, 0.25) is 0 Å². The van der Waals surface area contributed by atoms with Crippen molar-refractivity contribution in [2.75, 3.05) is 12.3 Å². The van der Waals surface area contributed by atoms with Crippen molar-refractivity contribution in [1.82, 2.24) is 19.5 Å². The molecule has 0 bridgehead atoms. The fourth-order valence-electron chi connectivity index (χ4n) is 2.50. The van der Waals surface area contributed by atoms with Gasteiger partial charge in [-0.15, -0.1) is 0 Å². The predicted octanol–water partition coefficient (Wildman–Crippen LogP) is 2.78. The Morgan fingerprint density at radius 1 is 1.25 bits per heavy atom. The minimum absolute atomic E-state index is 0.167. The number of imidazole rings is 1. The standard InChI is InChI=1S/C17H20FN5O/c1-12(18)10-23-11-20-14-15(19)21-17(22-16(14)23)24-9-5-8-13-6-3-2-4-7-13/h2-4,6-7,11-12H,5,8-10H2,1H3,(H2,19,21,22). The van der Waals surface area contributed by atoms with Gasteiger partial charge in [0, 0.05) is 0 Å². The summed E-state index contributed by atoms with van der Waals surface area (Å²) >= 11 is 0. The Morgan fingerprint density at radius 3 is 2.79 bits per heavy atom. The summed E-state index contributed by atoms with van der Waals surface area (Å²) in [5.41, 5.74) is 8.11. The van der Waals surface area contributed by atoms with E-state index in [0.29, 0.717) is 17.8 Å². The first-order valence-corrected chi connectivity index (χ1v) is 7.92. The van der Waals surface area contributed by atoms with E-state index >= 15 is 0 Å². The van der Waals surface area contributed by atoms with E-state index in [9.17, 15) is 4.39 Å². The Morgan fingerprint density at radius 2 is 2.04 bits per heavy atom. The third-order valence-corrected chi connectivity index (χ3v) is 3.60. The van der Waals surface area contributed by atoms with Crippen LogP contribution in [-0.4, -0.2) is 32.3 Å². The molecule has 0 aliphatic carbocycles. The fourth-order valence-corrected chi connectivity index (χ4v) is 2.50. The number of nitrogens with two attached hydrogens (primary N) is 1. The number of nitrogen functional groups attached to an aromatic ring is 1. The number of nitrogens with zero attached hydrogens (tertiary/aromatic N) is 4. The molecule has 0 aliphatic heterocycles. The molecule has 24 heavy (non-hydrogen) atoms. The molecule has 0 saturated carbocycles. The van der Waals surface area contributed by atoms with Crippen molar-refractivity contribution in [3.63, 3.8) is 0 Å². The van der Waals surface area contributed by atoms with Gasteiger partial charge in [0.15, 0.2) is 17.0 Å². The Hall–Kier alpha value is -2.70. The van der Waals surface area contributed by atoms with Crippen LogP contribution < -0.4 is 10.5 Å². The highest BCUT2D eigenvalue weighted by Crippen LogP contribution is 2.20. The molecule has 1 atom stereocenters. The Kier molecular flexibility index (Phi) is 4.88. The number of rotatable bonds is 7. The Labute approximate surface area is 139 Å². The smallest absolute Gasteiger partial charge is 0.320 e. The van der Waals surface area contributed by atoms with E-state index in [1.165, 1.54) is 18.8 Å². The number of ether oxygens (including phenoxy) is 1. The monoisotopic (exact) mass is 329 g/mol. The average Bonchev–Trinajstić information content (AvgIpc) is 2.95. The highest BCUT2D eigenvalue weighted by molar-refractivity contribution is 5.81. The maximum absolute atomic E-state index is 13.2. The summed E-state index contributed by atoms with van der Waals surface area (Å²) in [4.78, 5) is 12.6. The number of anilines is 1. The van der Waals surface area contributed by atoms with Crippen LogP contribution in [0.1, 0.15) is 18.9 Å². The van der Waals surface area contributed by atoms with E-state index in [2.05, 4.69) is 27.1 Å². The molecule has 3 rings (SSSR count). The number of aryl methyl sites for hydroxylation is 1. The fraction of sp³-hybridized carbons (Fsp3) is 0.353. The second-order valence-corrected chi connectivity index (χ2v) is 5.68. The van der Waals surface area contributed by atoms with Crippen LogP contribution in [0.2, 0.25) is 0 Å². The molecule has 6 nitrogen and oxygen atoms in total. The van der Waals surface area contributed by atoms with Crippen molar-refractivity contribution in [2.45, 2.75) is 32.5 Å². The third kappa shape index (κ3) is 3.79. The molecule has 0 saturated heterocycles. The van der Waals surface area contributed by atoms with Crippen LogP contribution in [-0.2, 0) is 13.0 Å². The van der Waals surface area contributed by atoms with E-state index in [1.807, 2.05) is 18.2 Å². The van der Waals surface area contributed by atoms with Crippen LogP contribution in [0.15, 0.2) is 36.7 Å². The van der Waals surface area contributed by atoms with Crippen molar-refractivity contribution >= 4 is 17.0 Å². The first-order chi connectivity index (χ1) is 11.6. The lowest BCUT2D eigenvalue weighted by Gasteiger charge is -2.08. The molecule has 0 amide bonds. The molecular formula is C17H20FN5O. The van der Waals surface area contributed by atoms with Crippen molar-refractivity contribution in [2.24, 2.45) is 0 Å². The molecule has 2 N–H and O–H groups in total. The average molecular weight is 329 g/mol. The zero-order valence-electron chi connectivity index (χ0n) is 13.5. The summed E-state index contributed by atoms with van der Waals surface area (Å²) in [5.74, 6) is 0.239. The zero-order valence-corrected chi connectivity index (χ0v) is 13.5. The maximum Gasteiger partial charge on any atom is 0.320 e. The van der Waals surface area contributed by atoms with Crippen LogP contribution in [0.25, 0.3) is 11.2 Å². The van der Waals surface area contributed by atoms with Gasteiger partial charge in [-0.25, -0.2) is 9.37 Å². The summed E-state index contributed by atoms with van der Waals surface area (Å²) in [7, 11) is 0. The number of hydrogen-bond acceptors (Lipinski definition) is 5. The third-order valence-electron chi connectivity index (χ3n) is 3.60. The van der Waals surface area contributed by atoms with Gasteiger partial charge in [0.05, 0.1) is 19.5 Å². The van der Waals surface area contributed by atoms with Gasteiger partial charge in [-0.1, -0.05) is 30.3 Å². The Balaban J connectivity index is 1.66. The van der Waals surface area contributed by atoms with Gasteiger partial charge < -0.3 is 15.0 Å². The zero-order chi connectivity index (χ0) is 16.9. The molecule has 0 aliphatic rings. The summed E-state index contributed by atoms with van der Waals surface area (Å²) < 4.78 is 20.5. The first kappa shape index (κ1) is 16.2. The predicted molar refractivity (Wildman–Crippen MR) is 90.6 cm³/mol. The lowest BCUT2D eigenvalue weighted by Crippen LogP contribution is -2.09. The summed E-state index contributed by atoms with van der Waals surface area (Å²) in [6.45, 7) is 2.13. The molecule has 1 aromatic carbocycles. The van der Waals surface area contributed by atoms with Crippen LogP contribution in [0.3, 0.4) is 0 Å². The van der Waals surface area contributed by atoms with Crippen molar-refractivity contribution in [3.8, 4) is 6.01 Å². The molecule has 0 spiro atoms. The number of aromatic nitrogens is 4. The van der Waals surface area contributed by atoms with Gasteiger partial charge in [0.1, 0.15) is 6.17 Å². The minimum Gasteiger partial charge on any atom is -0.463 e. The maximum atomic E-state index is 13.2. The number of benzene rings is 1. The van der Waals surface area contributed by atoms with Gasteiger partial charge in [-0.05, 0) is 25.3 Å². The highest BCUT2D eigenvalue weighted by Gasteiger charge is 2.13. The summed E-state index contributed by atoms with van der Waals surface area (Å²) in [6, 6.07) is 10.4. The molecular weight excluding hydrogens is 309 g/mol. The van der Waals surface area contributed by atoms with E-state index in [0.717, 1.165) is 12.8 Å². The van der Waals surface area contributed by atoms with Gasteiger partial charge in [0.25, 0.3) is 0 Å². The molecule has 126 valence electrons. The number of hydrogen-bond donors (Lipinski definition) is 1. The molecule has 2 aromatic heterocycles. The van der Waals surface area contributed by atoms with Crippen LogP contribution in [0, 0.1) is 0 Å². The molecule has 2 heterocycles. The van der Waals surface area contributed by atoms with Crippen molar-refractivity contribution < 1.29 is 9.13 Å². The SMILES string of the molecule is CC(F)Cn1cnc2c(N)nc(OCCCc3ccccc3)nc21. The molecule has 0 fully saturated rings. The van der Waals surface area contributed by atoms with Gasteiger partial charge >= 0.3 is 6.01 Å². The molecule has 3 aromatic rings.